The fraction of sp³-hybridized carbons (Fsp3) is 0.158. The average Bonchev–Trinajstić information content (AvgIpc) is 2.54. The molecule has 2 nitrogen and oxygen atoms in total. The van der Waals surface area contributed by atoms with Crippen LogP contribution in [0.15, 0.2) is 54.6 Å². The summed E-state index contributed by atoms with van der Waals surface area (Å²) in [5.41, 5.74) is 3.65. The molecule has 0 heterocycles. The van der Waals surface area contributed by atoms with Crippen molar-refractivity contribution in [3.8, 4) is 12.1 Å². The summed E-state index contributed by atoms with van der Waals surface area (Å²) in [5.74, 6) is 0. The van der Waals surface area contributed by atoms with Crippen molar-refractivity contribution in [1.82, 2.24) is 0 Å². The van der Waals surface area contributed by atoms with Crippen molar-refractivity contribution in [2.24, 2.45) is 0 Å². The summed E-state index contributed by atoms with van der Waals surface area (Å²) in [4.78, 5) is 0. The van der Waals surface area contributed by atoms with Gasteiger partial charge in [0, 0.05) is 0 Å². The molecule has 2 rings (SSSR count). The summed E-state index contributed by atoms with van der Waals surface area (Å²) in [5, 5.41) is 18.9. The second kappa shape index (κ2) is 7.08. The van der Waals surface area contributed by atoms with Crippen LogP contribution < -0.4 is 0 Å². The Labute approximate surface area is 125 Å². The second-order valence-corrected chi connectivity index (χ2v) is 4.79. The van der Waals surface area contributed by atoms with Gasteiger partial charge in [0.25, 0.3) is 0 Å². The van der Waals surface area contributed by atoms with E-state index in [0.717, 1.165) is 24.0 Å². The molecule has 0 N–H and O–H groups in total. The molecular formula is C19H16N2. The van der Waals surface area contributed by atoms with Crippen LogP contribution in [0.1, 0.15) is 30.0 Å². The Bertz CT molecular complexity index is 711. The molecule has 0 saturated carbocycles. The minimum Gasteiger partial charge on any atom is -0.192 e. The first kappa shape index (κ1) is 14.6. The highest BCUT2D eigenvalue weighted by Gasteiger charge is 2.11. The van der Waals surface area contributed by atoms with E-state index < -0.39 is 0 Å². The third-order valence-corrected chi connectivity index (χ3v) is 3.32. The largest absolute Gasteiger partial charge is 0.192 e. The smallest absolute Gasteiger partial charge is 0.101 e. The van der Waals surface area contributed by atoms with Crippen LogP contribution in [0.2, 0.25) is 0 Å². The van der Waals surface area contributed by atoms with Crippen LogP contribution in [0, 0.1) is 22.7 Å². The van der Waals surface area contributed by atoms with E-state index in [-0.39, 0.29) is 0 Å². The van der Waals surface area contributed by atoms with Gasteiger partial charge in [0.2, 0.25) is 0 Å². The number of rotatable bonds is 4. The molecule has 0 atom stereocenters. The number of allylic oxidation sites excluding steroid dienone is 2. The van der Waals surface area contributed by atoms with Gasteiger partial charge >= 0.3 is 0 Å². The highest BCUT2D eigenvalue weighted by atomic mass is 14.3. The molecule has 2 aromatic rings. The van der Waals surface area contributed by atoms with Gasteiger partial charge in [-0.05, 0) is 23.1 Å². The third-order valence-electron chi connectivity index (χ3n) is 3.32. The number of nitrogens with zero attached hydrogens (tertiary/aromatic N) is 2. The molecule has 0 bridgehead atoms. The van der Waals surface area contributed by atoms with Gasteiger partial charge in [-0.2, -0.15) is 10.5 Å². The predicted molar refractivity (Wildman–Crippen MR) is 84.9 cm³/mol. The zero-order valence-electron chi connectivity index (χ0n) is 12.0. The maximum atomic E-state index is 9.46. The number of nitriles is 2. The van der Waals surface area contributed by atoms with E-state index in [1.54, 1.807) is 0 Å². The number of hydrogen-bond acceptors (Lipinski definition) is 2. The minimum atomic E-state index is 0.418. The summed E-state index contributed by atoms with van der Waals surface area (Å²) in [6.45, 7) is 2.14. The van der Waals surface area contributed by atoms with Gasteiger partial charge in [-0.15, -0.1) is 0 Å². The molecule has 0 radical (unpaired) electrons. The quantitative estimate of drug-likeness (QED) is 0.603. The topological polar surface area (TPSA) is 47.6 Å². The van der Waals surface area contributed by atoms with E-state index in [2.05, 4.69) is 19.1 Å². The van der Waals surface area contributed by atoms with Crippen molar-refractivity contribution in [1.29, 1.82) is 10.5 Å². The summed E-state index contributed by atoms with van der Waals surface area (Å²) in [7, 11) is 0. The number of aryl methyl sites for hydroxylation is 1. The van der Waals surface area contributed by atoms with Crippen molar-refractivity contribution in [3.63, 3.8) is 0 Å². The molecule has 0 fully saturated rings. The molecule has 0 unspecified atom stereocenters. The molecule has 0 aromatic heterocycles. The second-order valence-electron chi connectivity index (χ2n) is 4.79. The fourth-order valence-corrected chi connectivity index (χ4v) is 2.26. The van der Waals surface area contributed by atoms with E-state index >= 15 is 0 Å². The lowest BCUT2D eigenvalue weighted by Crippen LogP contribution is -1.90. The van der Waals surface area contributed by atoms with Gasteiger partial charge in [0.05, 0.1) is 11.1 Å². The molecule has 2 aromatic carbocycles. The van der Waals surface area contributed by atoms with Crippen molar-refractivity contribution in [2.45, 2.75) is 19.8 Å². The van der Waals surface area contributed by atoms with Crippen molar-refractivity contribution >= 4 is 11.1 Å². The molecule has 102 valence electrons. The number of benzene rings is 2. The lowest BCUT2D eigenvalue weighted by Gasteiger charge is -2.05. The van der Waals surface area contributed by atoms with E-state index in [4.69, 9.17) is 0 Å². The van der Waals surface area contributed by atoms with Crippen LogP contribution in [-0.4, -0.2) is 0 Å². The van der Waals surface area contributed by atoms with E-state index in [1.165, 1.54) is 5.56 Å². The third kappa shape index (κ3) is 3.38. The lowest BCUT2D eigenvalue weighted by atomic mass is 9.95. The molecule has 0 aliphatic carbocycles. The van der Waals surface area contributed by atoms with E-state index in [0.29, 0.717) is 11.1 Å². The molecule has 21 heavy (non-hydrogen) atoms. The minimum absolute atomic E-state index is 0.418. The van der Waals surface area contributed by atoms with Gasteiger partial charge in [-0.1, -0.05) is 67.9 Å². The molecule has 0 saturated heterocycles. The summed E-state index contributed by atoms with van der Waals surface area (Å²) in [6, 6.07) is 21.6. The average molecular weight is 272 g/mol. The first-order chi connectivity index (χ1) is 10.3. The fourth-order valence-electron chi connectivity index (χ4n) is 2.26. The van der Waals surface area contributed by atoms with Crippen LogP contribution in [0.25, 0.3) is 11.1 Å². The first-order valence-electron chi connectivity index (χ1n) is 6.99. The molecule has 2 heteroatoms. The predicted octanol–water partition coefficient (Wildman–Crippen LogP) is 4.60. The standard InChI is InChI=1S/C19H16N2/c1-2-6-15-9-11-17(12-10-15)19(14-21)18(13-20)16-7-4-3-5-8-16/h3-5,7-12H,2,6H2,1H3. The Hall–Kier alpha value is -2.84. The Morgan fingerprint density at radius 2 is 1.33 bits per heavy atom. The van der Waals surface area contributed by atoms with Gasteiger partial charge in [0.1, 0.15) is 12.1 Å². The van der Waals surface area contributed by atoms with Crippen LogP contribution in [-0.2, 0) is 6.42 Å². The van der Waals surface area contributed by atoms with Gasteiger partial charge in [-0.25, -0.2) is 0 Å². The SMILES string of the molecule is CCCc1ccc(C(C#N)=C(C#N)c2ccccc2)cc1. The normalized spacial score (nSPS) is 11.2. The van der Waals surface area contributed by atoms with Crippen LogP contribution in [0.3, 0.4) is 0 Å². The molecular weight excluding hydrogens is 256 g/mol. The van der Waals surface area contributed by atoms with Gasteiger partial charge in [0.15, 0.2) is 0 Å². The van der Waals surface area contributed by atoms with Crippen molar-refractivity contribution in [2.75, 3.05) is 0 Å². The van der Waals surface area contributed by atoms with Gasteiger partial charge < -0.3 is 0 Å². The zero-order chi connectivity index (χ0) is 15.1. The van der Waals surface area contributed by atoms with Crippen LogP contribution in [0.4, 0.5) is 0 Å². The summed E-state index contributed by atoms with van der Waals surface area (Å²) in [6.07, 6.45) is 2.11. The van der Waals surface area contributed by atoms with Crippen molar-refractivity contribution in [3.05, 3.63) is 71.3 Å². The monoisotopic (exact) mass is 272 g/mol. The van der Waals surface area contributed by atoms with Crippen LogP contribution in [0.5, 0.6) is 0 Å². The Balaban J connectivity index is 2.49. The number of hydrogen-bond donors (Lipinski definition) is 0. The molecule has 0 aliphatic heterocycles. The highest BCUT2D eigenvalue weighted by Crippen LogP contribution is 2.25. The maximum Gasteiger partial charge on any atom is 0.101 e. The molecule has 0 amide bonds. The molecule has 0 spiro atoms. The first-order valence-corrected chi connectivity index (χ1v) is 6.99. The summed E-state index contributed by atoms with van der Waals surface area (Å²) >= 11 is 0. The van der Waals surface area contributed by atoms with Gasteiger partial charge in [-0.3, -0.25) is 0 Å². The summed E-state index contributed by atoms with van der Waals surface area (Å²) < 4.78 is 0. The van der Waals surface area contributed by atoms with E-state index in [1.807, 2.05) is 54.6 Å². The van der Waals surface area contributed by atoms with Crippen molar-refractivity contribution < 1.29 is 0 Å². The lowest BCUT2D eigenvalue weighted by molar-refractivity contribution is 0.922. The molecule has 0 aliphatic rings. The van der Waals surface area contributed by atoms with E-state index in [9.17, 15) is 10.5 Å². The zero-order valence-corrected chi connectivity index (χ0v) is 12.0. The Morgan fingerprint density at radius 1 is 0.810 bits per heavy atom. The maximum absolute atomic E-state index is 9.46. The Morgan fingerprint density at radius 3 is 1.81 bits per heavy atom. The Kier molecular flexibility index (Phi) is 4.91. The highest BCUT2D eigenvalue weighted by molar-refractivity contribution is 6.02. The van der Waals surface area contributed by atoms with Crippen LogP contribution >= 0.6 is 0 Å².